The van der Waals surface area contributed by atoms with Crippen LogP contribution in [0.15, 0.2) is 0 Å². The van der Waals surface area contributed by atoms with Crippen molar-refractivity contribution in [2.45, 2.75) is 44.9 Å². The Morgan fingerprint density at radius 1 is 1.21 bits per heavy atom. The van der Waals surface area contributed by atoms with Crippen LogP contribution in [0.25, 0.3) is 0 Å². The van der Waals surface area contributed by atoms with Crippen LogP contribution in [0.3, 0.4) is 0 Å². The first-order valence-corrected chi connectivity index (χ1v) is 6.86. The zero-order chi connectivity index (χ0) is 14.1. The topological polar surface area (TPSA) is 86.7 Å². The molecule has 6 heteroatoms. The van der Waals surface area contributed by atoms with Crippen molar-refractivity contribution in [2.24, 2.45) is 0 Å². The molecule has 2 amide bonds. The predicted octanol–water partition coefficient (Wildman–Crippen LogP) is 0.760. The Morgan fingerprint density at radius 3 is 2.74 bits per heavy atom. The van der Waals surface area contributed by atoms with Crippen molar-refractivity contribution >= 4 is 17.8 Å². The van der Waals surface area contributed by atoms with Crippen LogP contribution in [-0.4, -0.2) is 47.4 Å². The summed E-state index contributed by atoms with van der Waals surface area (Å²) in [6.07, 6.45) is 4.34. The third kappa shape index (κ3) is 6.79. The second kappa shape index (κ2) is 8.50. The Morgan fingerprint density at radius 2 is 2.00 bits per heavy atom. The number of hydrogen-bond acceptors (Lipinski definition) is 3. The zero-order valence-electron chi connectivity index (χ0n) is 11.2. The number of nitrogens with zero attached hydrogens (tertiary/aromatic N) is 1. The average Bonchev–Trinajstić information content (AvgIpc) is 2.57. The van der Waals surface area contributed by atoms with Crippen molar-refractivity contribution in [3.8, 4) is 0 Å². The number of carboxylic acid groups (broad SMARTS) is 1. The minimum atomic E-state index is -0.967. The largest absolute Gasteiger partial charge is 0.481 e. The predicted molar refractivity (Wildman–Crippen MR) is 69.5 cm³/mol. The van der Waals surface area contributed by atoms with Gasteiger partial charge in [-0.2, -0.15) is 0 Å². The van der Waals surface area contributed by atoms with Gasteiger partial charge in [-0.3, -0.25) is 14.4 Å². The minimum absolute atomic E-state index is 0.0119. The zero-order valence-corrected chi connectivity index (χ0v) is 11.2. The van der Waals surface area contributed by atoms with Gasteiger partial charge in [-0.05, 0) is 19.3 Å². The highest BCUT2D eigenvalue weighted by molar-refractivity contribution is 5.80. The molecule has 0 saturated carbocycles. The van der Waals surface area contributed by atoms with Crippen LogP contribution in [0.1, 0.15) is 44.9 Å². The number of likely N-dealkylation sites (tertiary alicyclic amines) is 1. The van der Waals surface area contributed by atoms with E-state index in [4.69, 9.17) is 5.11 Å². The summed E-state index contributed by atoms with van der Waals surface area (Å²) in [5.74, 6) is -1.01. The third-order valence-electron chi connectivity index (χ3n) is 3.16. The van der Waals surface area contributed by atoms with E-state index in [1.54, 1.807) is 0 Å². The molecule has 2 N–H and O–H groups in total. The van der Waals surface area contributed by atoms with Crippen molar-refractivity contribution < 1.29 is 19.5 Å². The van der Waals surface area contributed by atoms with Crippen LogP contribution in [0.4, 0.5) is 0 Å². The molecule has 0 bridgehead atoms. The summed E-state index contributed by atoms with van der Waals surface area (Å²) in [4.78, 5) is 35.1. The molecule has 0 aromatic rings. The number of carboxylic acids is 1. The van der Waals surface area contributed by atoms with Gasteiger partial charge >= 0.3 is 5.97 Å². The molecule has 0 spiro atoms. The van der Waals surface area contributed by atoms with Gasteiger partial charge in [0.25, 0.3) is 0 Å². The highest BCUT2D eigenvalue weighted by Gasteiger charge is 2.15. The highest BCUT2D eigenvalue weighted by atomic mass is 16.4. The molecule has 19 heavy (non-hydrogen) atoms. The van der Waals surface area contributed by atoms with Gasteiger partial charge in [0, 0.05) is 32.5 Å². The van der Waals surface area contributed by atoms with E-state index in [1.807, 2.05) is 4.90 Å². The second-order valence-corrected chi connectivity index (χ2v) is 4.79. The molecule has 0 unspecified atom stereocenters. The van der Waals surface area contributed by atoms with Crippen LogP contribution in [0, 0.1) is 0 Å². The van der Waals surface area contributed by atoms with Crippen LogP contribution < -0.4 is 5.32 Å². The summed E-state index contributed by atoms with van der Waals surface area (Å²) in [5, 5.41) is 11.1. The Hall–Kier alpha value is -1.59. The van der Waals surface area contributed by atoms with Gasteiger partial charge in [0.1, 0.15) is 0 Å². The Labute approximate surface area is 113 Å². The molecule has 1 rings (SSSR count). The van der Waals surface area contributed by atoms with E-state index in [1.165, 1.54) is 0 Å². The van der Waals surface area contributed by atoms with Gasteiger partial charge in [-0.15, -0.1) is 0 Å². The van der Waals surface area contributed by atoms with E-state index in [0.717, 1.165) is 25.8 Å². The second-order valence-electron chi connectivity index (χ2n) is 4.79. The molecular weight excluding hydrogens is 248 g/mol. The van der Waals surface area contributed by atoms with Gasteiger partial charge < -0.3 is 15.3 Å². The molecule has 108 valence electrons. The van der Waals surface area contributed by atoms with Crippen molar-refractivity contribution in [2.75, 3.05) is 19.6 Å². The van der Waals surface area contributed by atoms with Crippen LogP contribution >= 0.6 is 0 Å². The number of aliphatic carboxylic acids is 1. The van der Waals surface area contributed by atoms with Crippen LogP contribution in [0.5, 0.6) is 0 Å². The smallest absolute Gasteiger partial charge is 0.303 e. The molecule has 1 aliphatic heterocycles. The normalized spacial score (nSPS) is 16.0. The number of amides is 2. The lowest BCUT2D eigenvalue weighted by Gasteiger charge is -2.20. The number of carbonyl (C=O) groups is 3. The summed E-state index contributed by atoms with van der Waals surface area (Å²) in [6.45, 7) is 1.96. The molecule has 0 aromatic heterocycles. The van der Waals surface area contributed by atoms with Gasteiger partial charge in [-0.1, -0.05) is 6.42 Å². The Kier molecular flexibility index (Phi) is 6.92. The number of nitrogens with one attached hydrogen (secondary N) is 1. The first-order chi connectivity index (χ1) is 9.09. The molecule has 0 aliphatic carbocycles. The van der Waals surface area contributed by atoms with E-state index in [-0.39, 0.29) is 24.7 Å². The van der Waals surface area contributed by atoms with E-state index in [9.17, 15) is 14.4 Å². The summed E-state index contributed by atoms with van der Waals surface area (Å²) >= 11 is 0. The molecule has 1 aliphatic rings. The molecule has 6 nitrogen and oxygen atoms in total. The van der Waals surface area contributed by atoms with Gasteiger partial charge in [0.15, 0.2) is 0 Å². The highest BCUT2D eigenvalue weighted by Crippen LogP contribution is 2.11. The molecule has 1 fully saturated rings. The van der Waals surface area contributed by atoms with E-state index in [0.29, 0.717) is 25.9 Å². The third-order valence-corrected chi connectivity index (χ3v) is 3.16. The van der Waals surface area contributed by atoms with Crippen molar-refractivity contribution in [3.05, 3.63) is 0 Å². The molecule has 0 radical (unpaired) electrons. The molecule has 0 atom stereocenters. The fraction of sp³-hybridized carbons (Fsp3) is 0.769. The van der Waals surface area contributed by atoms with Crippen molar-refractivity contribution in [1.29, 1.82) is 0 Å². The standard InChI is InChI=1S/C13H22N2O4/c16-11(6-7-13(18)19)14-8-4-10-15-9-3-1-2-5-12(15)17/h1-10H2,(H,14,16)(H,18,19). The maximum absolute atomic E-state index is 11.7. The lowest BCUT2D eigenvalue weighted by Crippen LogP contribution is -2.34. The van der Waals surface area contributed by atoms with Crippen LogP contribution in [-0.2, 0) is 14.4 Å². The van der Waals surface area contributed by atoms with E-state index >= 15 is 0 Å². The quantitative estimate of drug-likeness (QED) is 0.669. The number of rotatable bonds is 7. The van der Waals surface area contributed by atoms with Crippen molar-refractivity contribution in [1.82, 2.24) is 10.2 Å². The lowest BCUT2D eigenvalue weighted by atomic mass is 10.2. The fourth-order valence-electron chi connectivity index (χ4n) is 2.08. The SMILES string of the molecule is O=C(O)CCC(=O)NCCCN1CCCCCC1=O. The van der Waals surface area contributed by atoms with E-state index < -0.39 is 5.97 Å². The molecular formula is C13H22N2O4. The van der Waals surface area contributed by atoms with Gasteiger partial charge in [-0.25, -0.2) is 0 Å². The summed E-state index contributed by atoms with van der Waals surface area (Å²) in [6, 6.07) is 0. The Balaban J connectivity index is 2.10. The monoisotopic (exact) mass is 270 g/mol. The Bertz CT molecular complexity index is 331. The maximum atomic E-state index is 11.7. The maximum Gasteiger partial charge on any atom is 0.303 e. The first kappa shape index (κ1) is 15.5. The number of hydrogen-bond donors (Lipinski definition) is 2. The average molecular weight is 270 g/mol. The fourth-order valence-corrected chi connectivity index (χ4v) is 2.08. The van der Waals surface area contributed by atoms with Gasteiger partial charge in [0.2, 0.25) is 11.8 Å². The summed E-state index contributed by atoms with van der Waals surface area (Å²) in [7, 11) is 0. The first-order valence-electron chi connectivity index (χ1n) is 6.86. The van der Waals surface area contributed by atoms with Crippen LogP contribution in [0.2, 0.25) is 0 Å². The summed E-state index contributed by atoms with van der Waals surface area (Å²) in [5.41, 5.74) is 0. The number of carbonyl (C=O) groups excluding carboxylic acids is 2. The van der Waals surface area contributed by atoms with E-state index in [2.05, 4.69) is 5.32 Å². The minimum Gasteiger partial charge on any atom is -0.481 e. The molecule has 0 aromatic carbocycles. The molecule has 1 heterocycles. The van der Waals surface area contributed by atoms with Crippen molar-refractivity contribution in [3.63, 3.8) is 0 Å². The summed E-state index contributed by atoms with van der Waals surface area (Å²) < 4.78 is 0. The lowest BCUT2D eigenvalue weighted by molar-refractivity contribution is -0.138. The molecule has 1 saturated heterocycles. The van der Waals surface area contributed by atoms with Gasteiger partial charge in [0.05, 0.1) is 6.42 Å².